The number of carbonyl (C=O) groups is 2. The minimum absolute atomic E-state index is 0.0536. The van der Waals surface area contributed by atoms with E-state index in [9.17, 15) is 14.7 Å². The van der Waals surface area contributed by atoms with Crippen molar-refractivity contribution in [2.45, 2.75) is 32.4 Å². The minimum Gasteiger partial charge on any atom is -0.465 e. The number of carboxylic acid groups (broad SMARTS) is 1. The fourth-order valence-electron chi connectivity index (χ4n) is 4.91. The summed E-state index contributed by atoms with van der Waals surface area (Å²) in [5.41, 5.74) is 2.43. The van der Waals surface area contributed by atoms with E-state index >= 15 is 0 Å². The maximum absolute atomic E-state index is 12.0. The number of ketones is 1. The van der Waals surface area contributed by atoms with Crippen molar-refractivity contribution in [1.29, 1.82) is 0 Å². The van der Waals surface area contributed by atoms with Gasteiger partial charge in [-0.15, -0.1) is 0 Å². The van der Waals surface area contributed by atoms with E-state index in [4.69, 9.17) is 0 Å². The molecule has 146 valence electrons. The second kappa shape index (κ2) is 7.76. The van der Waals surface area contributed by atoms with E-state index in [-0.39, 0.29) is 5.78 Å². The highest BCUT2D eigenvalue weighted by molar-refractivity contribution is 5.96. The van der Waals surface area contributed by atoms with Crippen molar-refractivity contribution in [3.63, 3.8) is 0 Å². The summed E-state index contributed by atoms with van der Waals surface area (Å²) in [4.78, 5) is 27.6. The molecule has 0 spiro atoms. The van der Waals surface area contributed by atoms with Gasteiger partial charge < -0.3 is 5.11 Å². The third-order valence-corrected chi connectivity index (χ3v) is 6.29. The molecule has 1 N–H and O–H groups in total. The third kappa shape index (κ3) is 3.67. The Balaban J connectivity index is 1.51. The molecule has 1 saturated heterocycles. The molecule has 1 aliphatic heterocycles. The molecule has 1 aliphatic carbocycles. The Hall–Kier alpha value is -2.66. The van der Waals surface area contributed by atoms with Gasteiger partial charge in [0.15, 0.2) is 5.78 Å². The number of likely N-dealkylation sites (tertiary alicyclic amines) is 1. The largest absolute Gasteiger partial charge is 0.465 e. The lowest BCUT2D eigenvalue weighted by atomic mass is 9.97. The fourth-order valence-corrected chi connectivity index (χ4v) is 4.91. The third-order valence-electron chi connectivity index (χ3n) is 6.29. The summed E-state index contributed by atoms with van der Waals surface area (Å²) in [6, 6.07) is 17.8. The maximum Gasteiger partial charge on any atom is 0.411 e. The molecule has 2 fully saturated rings. The topological polar surface area (TPSA) is 60.9 Å². The van der Waals surface area contributed by atoms with E-state index in [1.54, 1.807) is 24.3 Å². The number of fused-ring (bicyclic) bond motifs is 2. The molecule has 28 heavy (non-hydrogen) atoms. The molecule has 0 aromatic heterocycles. The second-order valence-corrected chi connectivity index (χ2v) is 7.98. The summed E-state index contributed by atoms with van der Waals surface area (Å²) in [5.74, 6) is 0.814. The van der Waals surface area contributed by atoms with Crippen LogP contribution in [0, 0.1) is 11.8 Å². The average Bonchev–Trinajstić information content (AvgIpc) is 3.23. The standard InChI is InChI=1S/C23H26N2O3/c1-16(26)18-8-5-9-20(12-18)25(23(27)28)15-21-19-10-11-22(21)24(14-19)13-17-6-3-2-4-7-17/h2-9,12,19,21-22H,10-11,13-15H2,1H3,(H,27,28). The summed E-state index contributed by atoms with van der Waals surface area (Å²) < 4.78 is 0. The number of hydrogen-bond donors (Lipinski definition) is 1. The first-order valence-corrected chi connectivity index (χ1v) is 9.92. The van der Waals surface area contributed by atoms with Gasteiger partial charge in [-0.25, -0.2) is 4.79 Å². The predicted octanol–water partition coefficient (Wildman–Crippen LogP) is 4.28. The Morgan fingerprint density at radius 2 is 1.89 bits per heavy atom. The van der Waals surface area contributed by atoms with Crippen LogP contribution in [0.4, 0.5) is 10.5 Å². The number of carbonyl (C=O) groups excluding carboxylic acids is 1. The quantitative estimate of drug-likeness (QED) is 0.762. The highest BCUT2D eigenvalue weighted by Crippen LogP contribution is 2.44. The summed E-state index contributed by atoms with van der Waals surface area (Å²) in [6.07, 6.45) is 1.34. The average molecular weight is 378 g/mol. The Morgan fingerprint density at radius 1 is 1.11 bits per heavy atom. The number of hydrogen-bond acceptors (Lipinski definition) is 3. The van der Waals surface area contributed by atoms with Crippen molar-refractivity contribution in [1.82, 2.24) is 4.90 Å². The Morgan fingerprint density at radius 3 is 2.61 bits per heavy atom. The molecule has 3 unspecified atom stereocenters. The van der Waals surface area contributed by atoms with E-state index in [0.717, 1.165) is 19.5 Å². The molecule has 3 atom stereocenters. The normalized spacial score (nSPS) is 23.7. The van der Waals surface area contributed by atoms with E-state index in [2.05, 4.69) is 29.2 Å². The zero-order valence-corrected chi connectivity index (χ0v) is 16.1. The first-order chi connectivity index (χ1) is 13.5. The van der Waals surface area contributed by atoms with Gasteiger partial charge in [0.1, 0.15) is 0 Å². The Bertz CT molecular complexity index is 867. The van der Waals surface area contributed by atoms with E-state index in [1.165, 1.54) is 23.8 Å². The summed E-state index contributed by atoms with van der Waals surface area (Å²) in [6.45, 7) is 3.94. The molecular formula is C23H26N2O3. The van der Waals surface area contributed by atoms with Gasteiger partial charge in [-0.1, -0.05) is 42.5 Å². The van der Waals surface area contributed by atoms with Crippen molar-refractivity contribution in [2.75, 3.05) is 18.0 Å². The van der Waals surface area contributed by atoms with Crippen molar-refractivity contribution in [2.24, 2.45) is 11.8 Å². The lowest BCUT2D eigenvalue weighted by molar-refractivity contribution is 0.101. The molecule has 5 nitrogen and oxygen atoms in total. The number of Topliss-reactive ketones (excluding diaryl/α,β-unsaturated/α-hetero) is 1. The van der Waals surface area contributed by atoms with Crippen molar-refractivity contribution in [3.05, 3.63) is 65.7 Å². The van der Waals surface area contributed by atoms with Crippen LogP contribution in [0.5, 0.6) is 0 Å². The van der Waals surface area contributed by atoms with Crippen LogP contribution >= 0.6 is 0 Å². The van der Waals surface area contributed by atoms with Crippen LogP contribution < -0.4 is 4.90 Å². The van der Waals surface area contributed by atoms with Gasteiger partial charge in [-0.3, -0.25) is 14.6 Å². The predicted molar refractivity (Wildman–Crippen MR) is 109 cm³/mol. The highest BCUT2D eigenvalue weighted by atomic mass is 16.4. The summed E-state index contributed by atoms with van der Waals surface area (Å²) in [7, 11) is 0. The monoisotopic (exact) mass is 378 g/mol. The number of anilines is 1. The molecule has 4 rings (SSSR count). The number of benzene rings is 2. The zero-order chi connectivity index (χ0) is 19.7. The van der Waals surface area contributed by atoms with E-state index in [0.29, 0.717) is 35.7 Å². The Kier molecular flexibility index (Phi) is 5.18. The molecule has 2 aromatic carbocycles. The summed E-state index contributed by atoms with van der Waals surface area (Å²) in [5, 5.41) is 9.84. The van der Waals surface area contributed by atoms with Gasteiger partial charge in [0.25, 0.3) is 0 Å². The molecule has 2 aromatic rings. The van der Waals surface area contributed by atoms with Crippen LogP contribution in [-0.4, -0.2) is 41.0 Å². The first kappa shape index (κ1) is 18.7. The second-order valence-electron chi connectivity index (χ2n) is 7.98. The Labute approximate surface area is 165 Å². The van der Waals surface area contributed by atoms with Crippen molar-refractivity contribution < 1.29 is 14.7 Å². The zero-order valence-electron chi connectivity index (χ0n) is 16.1. The van der Waals surface area contributed by atoms with Crippen LogP contribution in [0.1, 0.15) is 35.7 Å². The fraction of sp³-hybridized carbons (Fsp3) is 0.391. The summed E-state index contributed by atoms with van der Waals surface area (Å²) >= 11 is 0. The molecule has 0 radical (unpaired) electrons. The van der Waals surface area contributed by atoms with Gasteiger partial charge in [-0.05, 0) is 49.3 Å². The van der Waals surface area contributed by atoms with E-state index < -0.39 is 6.09 Å². The van der Waals surface area contributed by atoms with Gasteiger partial charge in [0, 0.05) is 36.9 Å². The SMILES string of the molecule is CC(=O)c1cccc(N(CC2C3CCC2N(Cc2ccccc2)C3)C(=O)O)c1. The highest BCUT2D eigenvalue weighted by Gasteiger charge is 2.47. The molecular weight excluding hydrogens is 352 g/mol. The number of piperidine rings is 1. The minimum atomic E-state index is -0.957. The van der Waals surface area contributed by atoms with Gasteiger partial charge in [0.2, 0.25) is 0 Å². The number of rotatable bonds is 6. The van der Waals surface area contributed by atoms with Crippen LogP contribution in [0.3, 0.4) is 0 Å². The molecule has 1 heterocycles. The lowest BCUT2D eigenvalue weighted by Crippen LogP contribution is -2.39. The molecule has 5 heteroatoms. The van der Waals surface area contributed by atoms with Gasteiger partial charge >= 0.3 is 6.09 Å². The van der Waals surface area contributed by atoms with Crippen molar-refractivity contribution in [3.8, 4) is 0 Å². The molecule has 2 aliphatic rings. The lowest BCUT2D eigenvalue weighted by Gasteiger charge is -2.29. The smallest absolute Gasteiger partial charge is 0.411 e. The molecule has 2 bridgehead atoms. The number of nitrogens with zero attached hydrogens (tertiary/aromatic N) is 2. The first-order valence-electron chi connectivity index (χ1n) is 9.92. The van der Waals surface area contributed by atoms with Crippen molar-refractivity contribution >= 4 is 17.6 Å². The number of amides is 1. The van der Waals surface area contributed by atoms with Gasteiger partial charge in [0.05, 0.1) is 0 Å². The van der Waals surface area contributed by atoms with Crippen LogP contribution in [-0.2, 0) is 6.54 Å². The van der Waals surface area contributed by atoms with Crippen LogP contribution in [0.2, 0.25) is 0 Å². The molecule has 1 saturated carbocycles. The maximum atomic E-state index is 12.0. The van der Waals surface area contributed by atoms with Crippen LogP contribution in [0.25, 0.3) is 0 Å². The van der Waals surface area contributed by atoms with Gasteiger partial charge in [-0.2, -0.15) is 0 Å². The van der Waals surface area contributed by atoms with E-state index in [1.807, 2.05) is 6.07 Å². The molecule has 1 amide bonds. The van der Waals surface area contributed by atoms with Crippen LogP contribution in [0.15, 0.2) is 54.6 Å².